The Morgan fingerprint density at radius 1 is 1.16 bits per heavy atom. The van der Waals surface area contributed by atoms with Crippen molar-refractivity contribution in [2.75, 3.05) is 5.32 Å². The maximum absolute atomic E-state index is 11.7. The van der Waals surface area contributed by atoms with E-state index in [1.165, 1.54) is 0 Å². The highest BCUT2D eigenvalue weighted by Crippen LogP contribution is 2.23. The fraction of sp³-hybridized carbons (Fsp3) is 0.133. The second-order valence-corrected chi connectivity index (χ2v) is 4.78. The number of carbonyl (C=O) groups excluding carboxylic acids is 1. The van der Waals surface area contributed by atoms with Gasteiger partial charge < -0.3 is 11.1 Å². The average molecular weight is 275 g/mol. The Hall–Kier alpha value is -2.00. The van der Waals surface area contributed by atoms with Gasteiger partial charge in [-0.3, -0.25) is 4.79 Å². The van der Waals surface area contributed by atoms with Gasteiger partial charge in [0.2, 0.25) is 5.91 Å². The molecule has 2 aromatic rings. The van der Waals surface area contributed by atoms with Gasteiger partial charge in [0, 0.05) is 10.7 Å². The van der Waals surface area contributed by atoms with Gasteiger partial charge in [-0.1, -0.05) is 35.9 Å². The number of hydrogen-bond acceptors (Lipinski definition) is 2. The van der Waals surface area contributed by atoms with Crippen LogP contribution in [0, 0.1) is 6.92 Å². The van der Waals surface area contributed by atoms with Gasteiger partial charge in [-0.15, -0.1) is 0 Å². The predicted octanol–water partition coefficient (Wildman–Crippen LogP) is 3.29. The molecule has 98 valence electrons. The van der Waals surface area contributed by atoms with Gasteiger partial charge in [0.1, 0.15) is 6.04 Å². The number of hydrogen-bond donors (Lipinski definition) is 2. The topological polar surface area (TPSA) is 55.1 Å². The van der Waals surface area contributed by atoms with Crippen molar-refractivity contribution in [3.8, 4) is 0 Å². The third-order valence-corrected chi connectivity index (χ3v) is 3.19. The third-order valence-electron chi connectivity index (χ3n) is 2.94. The van der Waals surface area contributed by atoms with Crippen molar-refractivity contribution >= 4 is 23.2 Å². The molecule has 0 bridgehead atoms. The number of carbonyl (C=O) groups is 1. The first-order valence-electron chi connectivity index (χ1n) is 5.95. The van der Waals surface area contributed by atoms with Gasteiger partial charge in [-0.05, 0) is 42.3 Å². The van der Waals surface area contributed by atoms with Crippen molar-refractivity contribution in [1.29, 1.82) is 0 Å². The molecule has 0 aromatic heterocycles. The molecular weight excluding hydrogens is 260 g/mol. The molecule has 1 amide bonds. The van der Waals surface area contributed by atoms with Crippen molar-refractivity contribution in [3.63, 3.8) is 0 Å². The number of nitrogens with two attached hydrogens (primary N) is 1. The van der Waals surface area contributed by atoms with E-state index in [1.54, 1.807) is 12.1 Å². The Balaban J connectivity index is 2.29. The Labute approximate surface area is 117 Å². The summed E-state index contributed by atoms with van der Waals surface area (Å²) in [5.74, 6) is -0.413. The average Bonchev–Trinajstić information content (AvgIpc) is 2.39. The molecule has 0 aliphatic carbocycles. The number of anilines is 1. The molecule has 0 saturated carbocycles. The molecule has 2 aromatic carbocycles. The van der Waals surface area contributed by atoms with Crippen molar-refractivity contribution in [2.45, 2.75) is 13.0 Å². The van der Waals surface area contributed by atoms with Crippen molar-refractivity contribution in [2.24, 2.45) is 5.73 Å². The molecule has 0 radical (unpaired) electrons. The number of amides is 1. The van der Waals surface area contributed by atoms with Crippen LogP contribution in [0.25, 0.3) is 0 Å². The minimum Gasteiger partial charge on any atom is -0.370 e. The van der Waals surface area contributed by atoms with Crippen LogP contribution in [-0.2, 0) is 4.79 Å². The van der Waals surface area contributed by atoms with Crippen LogP contribution in [0.2, 0.25) is 5.02 Å². The second kappa shape index (κ2) is 5.76. The van der Waals surface area contributed by atoms with Crippen LogP contribution in [0.3, 0.4) is 0 Å². The number of nitrogens with one attached hydrogen (secondary N) is 1. The monoisotopic (exact) mass is 274 g/mol. The van der Waals surface area contributed by atoms with Crippen molar-refractivity contribution < 1.29 is 4.79 Å². The van der Waals surface area contributed by atoms with E-state index in [1.807, 2.05) is 43.3 Å². The van der Waals surface area contributed by atoms with Crippen molar-refractivity contribution in [1.82, 2.24) is 0 Å². The molecule has 3 nitrogen and oxygen atoms in total. The van der Waals surface area contributed by atoms with Crippen LogP contribution in [0.5, 0.6) is 0 Å². The summed E-state index contributed by atoms with van der Waals surface area (Å²) < 4.78 is 0. The SMILES string of the molecule is Cc1ccccc1C(Nc1ccc(Cl)cc1)C(N)=O. The minimum atomic E-state index is -0.553. The molecule has 0 fully saturated rings. The molecule has 0 heterocycles. The zero-order valence-corrected chi connectivity index (χ0v) is 11.3. The van der Waals surface area contributed by atoms with Crippen LogP contribution in [0.1, 0.15) is 17.2 Å². The summed E-state index contributed by atoms with van der Waals surface area (Å²) in [6.07, 6.45) is 0. The number of rotatable bonds is 4. The highest BCUT2D eigenvalue weighted by atomic mass is 35.5. The zero-order chi connectivity index (χ0) is 13.8. The van der Waals surface area contributed by atoms with Crippen LogP contribution in [-0.4, -0.2) is 5.91 Å². The third kappa shape index (κ3) is 3.26. The molecule has 0 aliphatic rings. The van der Waals surface area contributed by atoms with Gasteiger partial charge in [-0.2, -0.15) is 0 Å². The lowest BCUT2D eigenvalue weighted by Gasteiger charge is -2.19. The van der Waals surface area contributed by atoms with Crippen LogP contribution in [0.4, 0.5) is 5.69 Å². The fourth-order valence-corrected chi connectivity index (χ4v) is 2.05. The lowest BCUT2D eigenvalue weighted by Crippen LogP contribution is -2.28. The van der Waals surface area contributed by atoms with E-state index in [9.17, 15) is 4.79 Å². The van der Waals surface area contributed by atoms with Crippen LogP contribution in [0.15, 0.2) is 48.5 Å². The summed E-state index contributed by atoms with van der Waals surface area (Å²) in [7, 11) is 0. The summed E-state index contributed by atoms with van der Waals surface area (Å²) in [6.45, 7) is 1.95. The molecule has 3 N–H and O–H groups in total. The predicted molar refractivity (Wildman–Crippen MR) is 78.2 cm³/mol. The van der Waals surface area contributed by atoms with E-state index >= 15 is 0 Å². The number of benzene rings is 2. The number of halogens is 1. The first-order valence-corrected chi connectivity index (χ1v) is 6.32. The van der Waals surface area contributed by atoms with E-state index in [2.05, 4.69) is 5.32 Å². The summed E-state index contributed by atoms with van der Waals surface area (Å²) in [6, 6.07) is 14.3. The molecule has 0 saturated heterocycles. The molecule has 0 spiro atoms. The largest absolute Gasteiger partial charge is 0.370 e. The summed E-state index contributed by atoms with van der Waals surface area (Å²) in [5, 5.41) is 3.78. The van der Waals surface area contributed by atoms with Gasteiger partial charge in [0.15, 0.2) is 0 Å². The van der Waals surface area contributed by atoms with Crippen LogP contribution >= 0.6 is 11.6 Å². The summed E-state index contributed by atoms with van der Waals surface area (Å²) in [5.41, 5.74) is 8.19. The zero-order valence-electron chi connectivity index (χ0n) is 10.6. The standard InChI is InChI=1S/C15H15ClN2O/c1-10-4-2-3-5-13(10)14(15(17)19)18-12-8-6-11(16)7-9-12/h2-9,14,18H,1H3,(H2,17,19). The molecule has 1 unspecified atom stereocenters. The number of aryl methyl sites for hydroxylation is 1. The smallest absolute Gasteiger partial charge is 0.244 e. The van der Waals surface area contributed by atoms with E-state index < -0.39 is 11.9 Å². The molecule has 2 rings (SSSR count). The summed E-state index contributed by atoms with van der Waals surface area (Å²) in [4.78, 5) is 11.7. The molecule has 19 heavy (non-hydrogen) atoms. The highest BCUT2D eigenvalue weighted by molar-refractivity contribution is 6.30. The molecular formula is C15H15ClN2O. The van der Waals surface area contributed by atoms with Crippen molar-refractivity contribution in [3.05, 3.63) is 64.7 Å². The Kier molecular flexibility index (Phi) is 4.07. The Morgan fingerprint density at radius 2 is 1.79 bits per heavy atom. The van der Waals surface area contributed by atoms with Gasteiger partial charge in [0.25, 0.3) is 0 Å². The van der Waals surface area contributed by atoms with E-state index in [0.717, 1.165) is 16.8 Å². The molecule has 0 aliphatic heterocycles. The molecule has 4 heteroatoms. The maximum atomic E-state index is 11.7. The van der Waals surface area contributed by atoms with Crippen LogP contribution < -0.4 is 11.1 Å². The highest BCUT2D eigenvalue weighted by Gasteiger charge is 2.19. The van der Waals surface area contributed by atoms with Gasteiger partial charge in [-0.25, -0.2) is 0 Å². The minimum absolute atomic E-state index is 0.413. The normalized spacial score (nSPS) is 11.9. The van der Waals surface area contributed by atoms with E-state index in [4.69, 9.17) is 17.3 Å². The van der Waals surface area contributed by atoms with E-state index in [-0.39, 0.29) is 0 Å². The fourth-order valence-electron chi connectivity index (χ4n) is 1.93. The lowest BCUT2D eigenvalue weighted by atomic mass is 10.0. The van der Waals surface area contributed by atoms with Gasteiger partial charge >= 0.3 is 0 Å². The molecule has 1 atom stereocenters. The van der Waals surface area contributed by atoms with E-state index in [0.29, 0.717) is 5.02 Å². The quantitative estimate of drug-likeness (QED) is 0.899. The first-order chi connectivity index (χ1) is 9.08. The lowest BCUT2D eigenvalue weighted by molar-refractivity contribution is -0.118. The number of primary amides is 1. The second-order valence-electron chi connectivity index (χ2n) is 4.34. The summed E-state index contributed by atoms with van der Waals surface area (Å²) >= 11 is 5.83. The Bertz CT molecular complexity index is 581. The first kappa shape index (κ1) is 13.4. The Morgan fingerprint density at radius 3 is 2.37 bits per heavy atom. The van der Waals surface area contributed by atoms with Gasteiger partial charge in [0.05, 0.1) is 0 Å². The maximum Gasteiger partial charge on any atom is 0.244 e.